The molecule has 5 heteroatoms. The maximum Gasteiger partial charge on any atom is 0.242 e. The van der Waals surface area contributed by atoms with Crippen LogP contribution in [0.3, 0.4) is 0 Å². The molecule has 164 valence electrons. The van der Waals surface area contributed by atoms with Crippen molar-refractivity contribution >= 4 is 22.6 Å². The number of hydrogen-bond acceptors (Lipinski definition) is 3. The third-order valence-corrected chi connectivity index (χ3v) is 6.07. The summed E-state index contributed by atoms with van der Waals surface area (Å²) in [6, 6.07) is 5.82. The van der Waals surface area contributed by atoms with Gasteiger partial charge in [-0.2, -0.15) is 0 Å². The van der Waals surface area contributed by atoms with Gasteiger partial charge in [0.05, 0.1) is 12.6 Å². The maximum atomic E-state index is 13.4. The monoisotopic (exact) mass is 412 g/mol. The highest BCUT2D eigenvalue weighted by atomic mass is 16.5. The number of aromatic nitrogens is 1. The first-order valence-corrected chi connectivity index (χ1v) is 11.3. The van der Waals surface area contributed by atoms with E-state index in [2.05, 4.69) is 32.3 Å². The smallest absolute Gasteiger partial charge is 0.242 e. The van der Waals surface area contributed by atoms with Gasteiger partial charge in [0.15, 0.2) is 5.78 Å². The van der Waals surface area contributed by atoms with Crippen molar-refractivity contribution in [3.05, 3.63) is 29.5 Å². The van der Waals surface area contributed by atoms with Gasteiger partial charge in [0, 0.05) is 42.2 Å². The van der Waals surface area contributed by atoms with Crippen molar-refractivity contribution in [1.29, 1.82) is 0 Å². The number of methoxy groups -OCH3 is 1. The Morgan fingerprint density at radius 2 is 1.77 bits per heavy atom. The zero-order valence-corrected chi connectivity index (χ0v) is 19.2. The van der Waals surface area contributed by atoms with Crippen LogP contribution in [0, 0.1) is 11.8 Å². The second kappa shape index (κ2) is 9.67. The molecule has 0 N–H and O–H groups in total. The summed E-state index contributed by atoms with van der Waals surface area (Å²) < 4.78 is 7.50. The Balaban J connectivity index is 1.96. The summed E-state index contributed by atoms with van der Waals surface area (Å²) in [4.78, 5) is 28.1. The lowest BCUT2D eigenvalue weighted by molar-refractivity contribution is -0.132. The summed E-state index contributed by atoms with van der Waals surface area (Å²) in [7, 11) is 1.64. The number of carbonyl (C=O) groups is 2. The number of ketones is 1. The van der Waals surface area contributed by atoms with Crippen LogP contribution >= 0.6 is 0 Å². The van der Waals surface area contributed by atoms with Gasteiger partial charge in [-0.3, -0.25) is 9.59 Å². The molecular formula is C25H36N2O3. The molecule has 0 bridgehead atoms. The normalized spacial score (nSPS) is 13.9. The number of ether oxygens (including phenoxy) is 1. The highest BCUT2D eigenvalue weighted by Crippen LogP contribution is 2.34. The van der Waals surface area contributed by atoms with Crippen molar-refractivity contribution in [2.45, 2.75) is 66.3 Å². The van der Waals surface area contributed by atoms with E-state index in [0.29, 0.717) is 18.3 Å². The number of fused-ring (bicyclic) bond motifs is 3. The van der Waals surface area contributed by atoms with Crippen molar-refractivity contribution in [1.82, 2.24) is 9.47 Å². The molecule has 1 aromatic heterocycles. The Morgan fingerprint density at radius 3 is 2.37 bits per heavy atom. The average Bonchev–Trinajstić information content (AvgIpc) is 3.01. The van der Waals surface area contributed by atoms with E-state index in [1.54, 1.807) is 7.11 Å². The van der Waals surface area contributed by atoms with Gasteiger partial charge in [-0.15, -0.1) is 0 Å². The second-order valence-electron chi connectivity index (χ2n) is 9.31. The first kappa shape index (κ1) is 22.4. The zero-order valence-electron chi connectivity index (χ0n) is 19.2. The van der Waals surface area contributed by atoms with Gasteiger partial charge < -0.3 is 14.2 Å². The fraction of sp³-hybridized carbons (Fsp3) is 0.600. The van der Waals surface area contributed by atoms with Gasteiger partial charge in [-0.05, 0) is 49.7 Å². The summed E-state index contributed by atoms with van der Waals surface area (Å²) in [5.41, 5.74) is 2.74. The summed E-state index contributed by atoms with van der Waals surface area (Å²) in [5.74, 6) is 2.18. The molecule has 2 aromatic rings. The molecule has 1 aromatic carbocycles. The van der Waals surface area contributed by atoms with Crippen LogP contribution in [0.5, 0.6) is 5.75 Å². The predicted octanol–water partition coefficient (Wildman–Crippen LogP) is 5.09. The quantitative estimate of drug-likeness (QED) is 0.576. The van der Waals surface area contributed by atoms with Crippen LogP contribution in [-0.2, 0) is 17.8 Å². The average molecular weight is 413 g/mol. The van der Waals surface area contributed by atoms with Crippen LogP contribution in [-0.4, -0.2) is 41.4 Å². The molecule has 1 aliphatic rings. The molecular weight excluding hydrogens is 376 g/mol. The molecule has 0 atom stereocenters. The first-order valence-electron chi connectivity index (χ1n) is 11.3. The second-order valence-corrected chi connectivity index (χ2v) is 9.31. The van der Waals surface area contributed by atoms with Crippen molar-refractivity contribution in [3.8, 4) is 5.75 Å². The van der Waals surface area contributed by atoms with E-state index in [4.69, 9.17) is 4.74 Å². The van der Waals surface area contributed by atoms with Crippen molar-refractivity contribution < 1.29 is 14.3 Å². The topological polar surface area (TPSA) is 51.5 Å². The van der Waals surface area contributed by atoms with Crippen LogP contribution < -0.4 is 4.74 Å². The fourth-order valence-electron chi connectivity index (χ4n) is 4.23. The maximum absolute atomic E-state index is 13.4. The number of carbonyl (C=O) groups excluding carboxylic acids is 2. The molecule has 0 saturated heterocycles. The molecule has 30 heavy (non-hydrogen) atoms. The number of amides is 1. The molecule has 3 rings (SSSR count). The Labute approximate surface area is 180 Å². The van der Waals surface area contributed by atoms with Crippen LogP contribution in [0.25, 0.3) is 10.9 Å². The lowest BCUT2D eigenvalue weighted by atomic mass is 9.94. The molecule has 0 unspecified atom stereocenters. The minimum atomic E-state index is 0.136. The lowest BCUT2D eigenvalue weighted by Gasteiger charge is -2.26. The number of nitrogens with zero attached hydrogens (tertiary/aromatic N) is 2. The van der Waals surface area contributed by atoms with Crippen molar-refractivity contribution in [2.24, 2.45) is 11.8 Å². The van der Waals surface area contributed by atoms with Crippen molar-refractivity contribution in [2.75, 3.05) is 20.2 Å². The van der Waals surface area contributed by atoms with E-state index in [0.717, 1.165) is 66.7 Å². The number of Topliss-reactive ketones (excluding diaryl/α,β-unsaturated/α-hetero) is 1. The van der Waals surface area contributed by atoms with Crippen LogP contribution in [0.2, 0.25) is 0 Å². The van der Waals surface area contributed by atoms with Gasteiger partial charge in [-0.25, -0.2) is 0 Å². The summed E-state index contributed by atoms with van der Waals surface area (Å²) >= 11 is 0. The Kier molecular flexibility index (Phi) is 7.22. The first-order chi connectivity index (χ1) is 14.3. The van der Waals surface area contributed by atoms with Gasteiger partial charge in [-0.1, -0.05) is 27.7 Å². The van der Waals surface area contributed by atoms with Crippen LogP contribution in [0.15, 0.2) is 18.2 Å². The number of rotatable bonds is 9. The molecule has 0 saturated carbocycles. The molecule has 0 fully saturated rings. The summed E-state index contributed by atoms with van der Waals surface area (Å²) in [5, 5.41) is 0.944. The highest BCUT2D eigenvalue weighted by Gasteiger charge is 2.27. The standard InChI is InChI=1S/C25H36N2O3/c1-17(2)11-13-26(14-12-18(3)4)24(29)16-27-21-7-6-8-23(28)25(21)20-10-9-19(30-5)15-22(20)27/h9-10,15,17-18H,6-8,11-14,16H2,1-5H3. The van der Waals surface area contributed by atoms with E-state index in [1.807, 2.05) is 23.1 Å². The van der Waals surface area contributed by atoms with Gasteiger partial charge in [0.1, 0.15) is 12.3 Å². The van der Waals surface area contributed by atoms with Crippen LogP contribution in [0.1, 0.15) is 69.4 Å². The van der Waals surface area contributed by atoms with E-state index in [9.17, 15) is 9.59 Å². The number of hydrogen-bond donors (Lipinski definition) is 0. The summed E-state index contributed by atoms with van der Waals surface area (Å²) in [6.07, 6.45) is 4.27. The minimum absolute atomic E-state index is 0.136. The minimum Gasteiger partial charge on any atom is -0.497 e. The van der Waals surface area contributed by atoms with Gasteiger partial charge in [0.2, 0.25) is 5.91 Å². The van der Waals surface area contributed by atoms with Gasteiger partial charge in [0.25, 0.3) is 0 Å². The predicted molar refractivity (Wildman–Crippen MR) is 121 cm³/mol. The summed E-state index contributed by atoms with van der Waals surface area (Å²) in [6.45, 7) is 10.6. The zero-order chi connectivity index (χ0) is 21.8. The molecule has 0 spiro atoms. The third-order valence-electron chi connectivity index (χ3n) is 6.07. The van der Waals surface area contributed by atoms with E-state index in [-0.39, 0.29) is 18.2 Å². The lowest BCUT2D eigenvalue weighted by Crippen LogP contribution is -2.37. The molecule has 1 aliphatic carbocycles. The molecule has 0 radical (unpaired) electrons. The molecule has 5 nitrogen and oxygen atoms in total. The van der Waals surface area contributed by atoms with E-state index >= 15 is 0 Å². The molecule has 1 heterocycles. The fourth-order valence-corrected chi connectivity index (χ4v) is 4.23. The Morgan fingerprint density at radius 1 is 1.10 bits per heavy atom. The van der Waals surface area contributed by atoms with E-state index < -0.39 is 0 Å². The van der Waals surface area contributed by atoms with Crippen LogP contribution in [0.4, 0.5) is 0 Å². The SMILES string of the molecule is COc1ccc2c3c(n(CC(=O)N(CCC(C)C)CCC(C)C)c2c1)CCCC3=O. The van der Waals surface area contributed by atoms with Gasteiger partial charge >= 0.3 is 0 Å². The Bertz CT molecular complexity index is 899. The molecule has 0 aliphatic heterocycles. The van der Waals surface area contributed by atoms with E-state index in [1.165, 1.54) is 0 Å². The highest BCUT2D eigenvalue weighted by molar-refractivity contribution is 6.10. The third kappa shape index (κ3) is 4.88. The number of benzene rings is 1. The Hall–Kier alpha value is -2.30. The molecule has 1 amide bonds. The largest absolute Gasteiger partial charge is 0.497 e. The van der Waals surface area contributed by atoms with Crippen molar-refractivity contribution in [3.63, 3.8) is 0 Å².